The third kappa shape index (κ3) is 6.18. The van der Waals surface area contributed by atoms with Crippen molar-refractivity contribution >= 4 is 52.8 Å². The molecular formula is C47H54ClNO8S. The van der Waals surface area contributed by atoms with E-state index in [1.54, 1.807) is 24.8 Å². The molecule has 0 amide bonds. The van der Waals surface area contributed by atoms with Gasteiger partial charge in [0.05, 0.1) is 29.9 Å². The number of anilines is 1. The molecule has 0 radical (unpaired) electrons. The minimum absolute atomic E-state index is 0.0118. The van der Waals surface area contributed by atoms with Crippen LogP contribution in [0.2, 0.25) is 0 Å². The zero-order chi connectivity index (χ0) is 41.5. The topological polar surface area (TPSA) is 109 Å². The van der Waals surface area contributed by atoms with E-state index in [9.17, 15) is 9.59 Å². The molecule has 7 aliphatic rings. The standard InChI is InChI=1S/C47H54ClNO8S/c1-25(2)13-12-20-45(8)21-19-29-38(55-45)28(17-16-26(3)4)40-35(39(29)54-34(50)24-48)37-36-41(58-32-15-11-10-14-31(32)49-37)30-23-33-44(6,7)57-46(42(30)51,47(33,36)56-40)22-18-27(5)43(52)53-9/h10-11,13-16,18-19,21,30,33,36-37,41,49H,12,17,20,22-24H2,1-9H3/b27-18-. The molecule has 3 aliphatic carbocycles. The van der Waals surface area contributed by atoms with Crippen LogP contribution in [0.3, 0.4) is 0 Å². The fraction of sp³-hybridized carbons (Fsp3) is 0.511. The number of hydrogen-bond donors (Lipinski definition) is 1. The second kappa shape index (κ2) is 14.6. The van der Waals surface area contributed by atoms with Gasteiger partial charge in [-0.15, -0.1) is 23.4 Å². The Morgan fingerprint density at radius 1 is 1.02 bits per heavy atom. The molecule has 1 spiro atoms. The van der Waals surface area contributed by atoms with E-state index in [2.05, 4.69) is 84.1 Å². The Kier molecular flexibility index (Phi) is 10.3. The number of nitrogens with one attached hydrogen (secondary N) is 1. The monoisotopic (exact) mass is 827 g/mol. The van der Waals surface area contributed by atoms with Gasteiger partial charge in [-0.05, 0) is 105 Å². The van der Waals surface area contributed by atoms with E-state index in [1.165, 1.54) is 12.7 Å². The molecule has 4 bridgehead atoms. The average Bonchev–Trinajstić information content (AvgIpc) is 3.26. The van der Waals surface area contributed by atoms with Gasteiger partial charge >= 0.3 is 11.9 Å². The molecule has 11 heteroatoms. The van der Waals surface area contributed by atoms with Crippen molar-refractivity contribution in [3.63, 3.8) is 0 Å². The molecule has 4 heterocycles. The third-order valence-electron chi connectivity index (χ3n) is 13.2. The SMILES string of the molecule is COC(=O)/C(C)=C\CC12OC(C)(C)C3CC(C1=O)C1Sc4ccccc4NC4c5c(OC(=O)CCl)c6c(c(CC=C(C)C)c5OC32C41)OC(C)(CCC=C(C)C)C=C6. The summed E-state index contributed by atoms with van der Waals surface area (Å²) in [5, 5.41) is 3.75. The maximum atomic E-state index is 15.5. The summed E-state index contributed by atoms with van der Waals surface area (Å²) in [6.07, 6.45) is 12.9. The fourth-order valence-electron chi connectivity index (χ4n) is 10.7. The van der Waals surface area contributed by atoms with Crippen LogP contribution in [0.1, 0.15) is 104 Å². The van der Waals surface area contributed by atoms with Crippen molar-refractivity contribution in [3.8, 4) is 17.2 Å². The highest BCUT2D eigenvalue weighted by molar-refractivity contribution is 8.00. The molecule has 8 atom stereocenters. The van der Waals surface area contributed by atoms with Crippen molar-refractivity contribution in [2.24, 2.45) is 17.8 Å². The van der Waals surface area contributed by atoms with E-state index in [0.717, 1.165) is 28.1 Å². The van der Waals surface area contributed by atoms with Gasteiger partial charge in [0, 0.05) is 51.1 Å². The first kappa shape index (κ1) is 40.8. The Balaban J connectivity index is 1.45. The highest BCUT2D eigenvalue weighted by atomic mass is 35.5. The van der Waals surface area contributed by atoms with Gasteiger partial charge in [0.25, 0.3) is 0 Å². The highest BCUT2D eigenvalue weighted by Gasteiger charge is 2.85. The Bertz CT molecular complexity index is 2220. The zero-order valence-electron chi connectivity index (χ0n) is 34.9. The molecule has 2 aromatic carbocycles. The first-order chi connectivity index (χ1) is 27.5. The maximum absolute atomic E-state index is 15.5. The fourth-order valence-corrected chi connectivity index (χ4v) is 12.4. The number of carbonyl (C=O) groups excluding carboxylic acids is 3. The van der Waals surface area contributed by atoms with Gasteiger partial charge in [-0.1, -0.05) is 41.5 Å². The van der Waals surface area contributed by atoms with Crippen LogP contribution in [-0.2, 0) is 30.3 Å². The van der Waals surface area contributed by atoms with Crippen molar-refractivity contribution in [2.75, 3.05) is 18.3 Å². The quantitative estimate of drug-likeness (QED) is 0.0818. The smallest absolute Gasteiger partial charge is 0.333 e. The Morgan fingerprint density at radius 3 is 2.47 bits per heavy atom. The lowest BCUT2D eigenvalue weighted by Crippen LogP contribution is -2.79. The van der Waals surface area contributed by atoms with Crippen molar-refractivity contribution in [2.45, 2.75) is 126 Å². The number of esters is 2. The Morgan fingerprint density at radius 2 is 1.76 bits per heavy atom. The number of ether oxygens (including phenoxy) is 5. The molecule has 8 unspecified atom stereocenters. The van der Waals surface area contributed by atoms with Crippen LogP contribution in [0, 0.1) is 17.8 Å². The molecule has 1 N–H and O–H groups in total. The number of ketones is 1. The second-order valence-corrected chi connectivity index (χ2v) is 19.4. The summed E-state index contributed by atoms with van der Waals surface area (Å²) in [6, 6.07) is 7.67. The van der Waals surface area contributed by atoms with Crippen LogP contribution in [0.15, 0.2) is 70.2 Å². The van der Waals surface area contributed by atoms with Gasteiger partial charge in [0.1, 0.15) is 23.0 Å². The normalized spacial score (nSPS) is 31.5. The Labute approximate surface area is 350 Å². The highest BCUT2D eigenvalue weighted by Crippen LogP contribution is 2.75. The molecule has 4 fully saturated rings. The number of benzene rings is 2. The molecule has 9 nitrogen and oxygen atoms in total. The summed E-state index contributed by atoms with van der Waals surface area (Å²) in [5.41, 5.74) is 1.68. The Hall–Kier alpha value is -3.99. The van der Waals surface area contributed by atoms with E-state index >= 15 is 4.79 Å². The number of rotatable bonds is 10. The third-order valence-corrected chi connectivity index (χ3v) is 14.9. The molecular weight excluding hydrogens is 774 g/mol. The first-order valence-electron chi connectivity index (χ1n) is 20.4. The number of methoxy groups -OCH3 is 1. The summed E-state index contributed by atoms with van der Waals surface area (Å²) < 4.78 is 33.7. The predicted octanol–water partition coefficient (Wildman–Crippen LogP) is 9.90. The largest absolute Gasteiger partial charge is 0.482 e. The number of fused-ring (bicyclic) bond motifs is 4. The van der Waals surface area contributed by atoms with Crippen LogP contribution in [0.5, 0.6) is 17.2 Å². The van der Waals surface area contributed by atoms with E-state index in [1.807, 2.05) is 18.2 Å². The lowest BCUT2D eigenvalue weighted by atomic mass is 9.45. The molecule has 3 saturated carbocycles. The van der Waals surface area contributed by atoms with E-state index in [-0.39, 0.29) is 41.1 Å². The number of para-hydroxylation sites is 1. The lowest BCUT2D eigenvalue weighted by molar-refractivity contribution is -0.208. The summed E-state index contributed by atoms with van der Waals surface area (Å²) in [4.78, 5) is 42.8. The van der Waals surface area contributed by atoms with Crippen molar-refractivity contribution in [1.82, 2.24) is 0 Å². The van der Waals surface area contributed by atoms with Gasteiger partial charge in [-0.2, -0.15) is 0 Å². The molecule has 58 heavy (non-hydrogen) atoms. The van der Waals surface area contributed by atoms with Crippen LogP contribution in [0.25, 0.3) is 6.08 Å². The van der Waals surface area contributed by atoms with Crippen molar-refractivity contribution in [3.05, 3.63) is 82.0 Å². The van der Waals surface area contributed by atoms with Crippen molar-refractivity contribution < 1.29 is 38.1 Å². The number of thioether (sulfide) groups is 1. The van der Waals surface area contributed by atoms with Gasteiger partial charge in [-0.25, -0.2) is 4.79 Å². The number of allylic oxidation sites excluding steroid dienone is 4. The summed E-state index contributed by atoms with van der Waals surface area (Å²) >= 11 is 7.91. The number of alkyl halides is 1. The van der Waals surface area contributed by atoms with E-state index < -0.39 is 40.4 Å². The van der Waals surface area contributed by atoms with Gasteiger partial charge in [-0.3, -0.25) is 9.59 Å². The molecule has 308 valence electrons. The number of carbonyl (C=O) groups is 3. The molecule has 4 aliphatic heterocycles. The molecule has 9 rings (SSSR count). The molecule has 1 saturated heterocycles. The van der Waals surface area contributed by atoms with Crippen LogP contribution in [-0.4, -0.2) is 58.4 Å². The van der Waals surface area contributed by atoms with Gasteiger partial charge in [0.2, 0.25) is 0 Å². The van der Waals surface area contributed by atoms with E-state index in [4.69, 9.17) is 35.3 Å². The number of Topliss-reactive ketones (excluding diaryl/α,β-unsaturated/α-hetero) is 1. The zero-order valence-corrected chi connectivity index (χ0v) is 36.5. The summed E-state index contributed by atoms with van der Waals surface area (Å²) in [5.74, 6) is -0.942. The minimum atomic E-state index is -1.45. The summed E-state index contributed by atoms with van der Waals surface area (Å²) in [7, 11) is 1.35. The van der Waals surface area contributed by atoms with Gasteiger partial charge in [0.15, 0.2) is 22.7 Å². The number of halogens is 1. The second-order valence-electron chi connectivity index (χ2n) is 18.0. The minimum Gasteiger partial charge on any atom is -0.482 e. The van der Waals surface area contributed by atoms with Crippen LogP contribution in [0.4, 0.5) is 5.69 Å². The molecule has 0 aromatic heterocycles. The van der Waals surface area contributed by atoms with E-state index in [0.29, 0.717) is 53.2 Å². The maximum Gasteiger partial charge on any atom is 0.333 e. The van der Waals surface area contributed by atoms with Crippen LogP contribution >= 0.6 is 23.4 Å². The summed E-state index contributed by atoms with van der Waals surface area (Å²) in [6.45, 7) is 16.2. The van der Waals surface area contributed by atoms with Crippen LogP contribution < -0.4 is 19.5 Å². The van der Waals surface area contributed by atoms with Gasteiger partial charge < -0.3 is 29.0 Å². The van der Waals surface area contributed by atoms with Crippen molar-refractivity contribution in [1.29, 1.82) is 0 Å². The predicted molar refractivity (Wildman–Crippen MR) is 227 cm³/mol. The lowest BCUT2D eigenvalue weighted by Gasteiger charge is -2.65. The molecule has 2 aromatic rings. The first-order valence-corrected chi connectivity index (χ1v) is 21.8. The average molecular weight is 828 g/mol. The number of hydrogen-bond acceptors (Lipinski definition) is 10.